The molecule has 34 heavy (non-hydrogen) atoms. The number of rotatable bonds is 7. The topological polar surface area (TPSA) is 133 Å². The number of sulfone groups is 1. The van der Waals surface area contributed by atoms with E-state index in [2.05, 4.69) is 5.32 Å². The van der Waals surface area contributed by atoms with Gasteiger partial charge in [0, 0.05) is 23.6 Å². The fourth-order valence-electron chi connectivity index (χ4n) is 3.25. The molecule has 0 unspecified atom stereocenters. The Kier molecular flexibility index (Phi) is 7.11. The van der Waals surface area contributed by atoms with Crippen molar-refractivity contribution in [3.63, 3.8) is 0 Å². The molecule has 0 aliphatic rings. The number of amides is 1. The third kappa shape index (κ3) is 5.65. The first-order chi connectivity index (χ1) is 16.0. The highest BCUT2D eigenvalue weighted by Crippen LogP contribution is 2.28. The SMILES string of the molecule is Cc1ccc(C)c(NC(=O)[C@@H](OC(=O)c2ccc(S(C)(=O)=O)c([N+](=O)[O-])c2)c2ccccc2)c1. The molecule has 3 aromatic rings. The molecule has 0 aliphatic carbocycles. The zero-order valence-corrected chi connectivity index (χ0v) is 19.5. The quantitative estimate of drug-likeness (QED) is 0.304. The van der Waals surface area contributed by atoms with Gasteiger partial charge in [-0.3, -0.25) is 14.9 Å². The van der Waals surface area contributed by atoms with E-state index in [4.69, 9.17) is 4.74 Å². The van der Waals surface area contributed by atoms with Crippen LogP contribution in [0, 0.1) is 24.0 Å². The fraction of sp³-hybridized carbons (Fsp3) is 0.167. The van der Waals surface area contributed by atoms with Crippen LogP contribution in [0.2, 0.25) is 0 Å². The van der Waals surface area contributed by atoms with Crippen molar-refractivity contribution >= 4 is 33.1 Å². The number of benzene rings is 3. The van der Waals surface area contributed by atoms with E-state index in [9.17, 15) is 28.1 Å². The molecule has 10 heteroatoms. The van der Waals surface area contributed by atoms with Gasteiger partial charge in [-0.2, -0.15) is 0 Å². The summed E-state index contributed by atoms with van der Waals surface area (Å²) in [5.74, 6) is -1.64. The Bertz CT molecular complexity index is 1370. The van der Waals surface area contributed by atoms with Crippen molar-refractivity contribution in [3.8, 4) is 0 Å². The lowest BCUT2D eigenvalue weighted by Crippen LogP contribution is -2.26. The number of carbonyl (C=O) groups excluding carboxylic acids is 2. The summed E-state index contributed by atoms with van der Waals surface area (Å²) in [5, 5.41) is 14.1. The average molecular weight is 483 g/mol. The molecule has 0 spiro atoms. The Morgan fingerprint density at radius 3 is 2.29 bits per heavy atom. The van der Waals surface area contributed by atoms with Crippen molar-refractivity contribution in [2.75, 3.05) is 11.6 Å². The molecule has 0 saturated heterocycles. The van der Waals surface area contributed by atoms with Crippen LogP contribution in [0.15, 0.2) is 71.6 Å². The molecule has 0 aromatic heterocycles. The highest BCUT2D eigenvalue weighted by atomic mass is 32.2. The van der Waals surface area contributed by atoms with Crippen molar-refractivity contribution in [2.45, 2.75) is 24.8 Å². The molecule has 1 atom stereocenters. The monoisotopic (exact) mass is 482 g/mol. The summed E-state index contributed by atoms with van der Waals surface area (Å²) in [6.45, 7) is 3.69. The summed E-state index contributed by atoms with van der Waals surface area (Å²) in [4.78, 5) is 36.0. The smallest absolute Gasteiger partial charge is 0.339 e. The molecule has 1 amide bonds. The number of nitro benzene ring substituents is 1. The van der Waals surface area contributed by atoms with Gasteiger partial charge in [0.05, 0.1) is 10.5 Å². The van der Waals surface area contributed by atoms with Crippen molar-refractivity contribution in [2.24, 2.45) is 0 Å². The summed E-state index contributed by atoms with van der Waals surface area (Å²) < 4.78 is 29.1. The van der Waals surface area contributed by atoms with Crippen LogP contribution in [-0.4, -0.2) is 31.5 Å². The molecule has 0 saturated carbocycles. The molecule has 3 rings (SSSR count). The summed E-state index contributed by atoms with van der Waals surface area (Å²) in [5.41, 5.74) is 1.65. The van der Waals surface area contributed by atoms with Crippen LogP contribution in [-0.2, 0) is 19.4 Å². The lowest BCUT2D eigenvalue weighted by atomic mass is 10.1. The third-order valence-corrected chi connectivity index (χ3v) is 6.15. The number of nitrogens with one attached hydrogen (secondary N) is 1. The molecule has 176 valence electrons. The first-order valence-electron chi connectivity index (χ1n) is 10.1. The minimum atomic E-state index is -3.90. The van der Waals surface area contributed by atoms with Gasteiger partial charge in [-0.1, -0.05) is 42.5 Å². The predicted octanol–water partition coefficient (Wildman–Crippen LogP) is 4.15. The van der Waals surface area contributed by atoms with Gasteiger partial charge in [-0.15, -0.1) is 0 Å². The molecule has 0 aliphatic heterocycles. The molecular formula is C24H22N2O7S. The molecule has 1 N–H and O–H groups in total. The van der Waals surface area contributed by atoms with Crippen LogP contribution in [0.4, 0.5) is 11.4 Å². The van der Waals surface area contributed by atoms with E-state index >= 15 is 0 Å². The Hall–Kier alpha value is -4.05. The summed E-state index contributed by atoms with van der Waals surface area (Å²) in [7, 11) is -3.90. The van der Waals surface area contributed by atoms with E-state index < -0.39 is 43.3 Å². The highest BCUT2D eigenvalue weighted by Gasteiger charge is 2.29. The van der Waals surface area contributed by atoms with Crippen LogP contribution in [0.25, 0.3) is 0 Å². The Labute approximate surface area is 196 Å². The van der Waals surface area contributed by atoms with Crippen LogP contribution < -0.4 is 5.32 Å². The third-order valence-electron chi connectivity index (χ3n) is 5.01. The maximum atomic E-state index is 13.1. The van der Waals surface area contributed by atoms with Gasteiger partial charge in [0.2, 0.25) is 6.10 Å². The van der Waals surface area contributed by atoms with Crippen LogP contribution >= 0.6 is 0 Å². The van der Waals surface area contributed by atoms with Crippen LogP contribution in [0.3, 0.4) is 0 Å². The second-order valence-electron chi connectivity index (χ2n) is 7.72. The Balaban J connectivity index is 1.95. The molecule has 0 heterocycles. The lowest BCUT2D eigenvalue weighted by molar-refractivity contribution is -0.387. The summed E-state index contributed by atoms with van der Waals surface area (Å²) in [6, 6.07) is 16.7. The predicted molar refractivity (Wildman–Crippen MR) is 125 cm³/mol. The fourth-order valence-corrected chi connectivity index (χ4v) is 4.07. The van der Waals surface area contributed by atoms with Gasteiger partial charge in [-0.05, 0) is 43.2 Å². The van der Waals surface area contributed by atoms with Gasteiger partial charge >= 0.3 is 5.97 Å². The van der Waals surface area contributed by atoms with Crippen molar-refractivity contribution in [1.29, 1.82) is 0 Å². The van der Waals surface area contributed by atoms with E-state index in [1.165, 1.54) is 0 Å². The number of nitro groups is 1. The first kappa shape index (κ1) is 24.6. The van der Waals surface area contributed by atoms with E-state index in [0.717, 1.165) is 35.6 Å². The Morgan fingerprint density at radius 1 is 1.00 bits per heavy atom. The zero-order chi connectivity index (χ0) is 25.0. The van der Waals surface area contributed by atoms with Crippen LogP contribution in [0.1, 0.15) is 33.2 Å². The Morgan fingerprint density at radius 2 is 1.68 bits per heavy atom. The van der Waals surface area contributed by atoms with Gasteiger partial charge in [-0.25, -0.2) is 13.2 Å². The maximum Gasteiger partial charge on any atom is 0.339 e. The van der Waals surface area contributed by atoms with E-state index in [0.29, 0.717) is 11.3 Å². The first-order valence-corrected chi connectivity index (χ1v) is 12.0. The number of aryl methyl sites for hydroxylation is 2. The number of hydrogen-bond donors (Lipinski definition) is 1. The number of ether oxygens (including phenoxy) is 1. The van der Waals surface area contributed by atoms with E-state index in [-0.39, 0.29) is 5.56 Å². The number of carbonyl (C=O) groups is 2. The summed E-state index contributed by atoms with van der Waals surface area (Å²) in [6.07, 6.45) is -0.529. The second-order valence-corrected chi connectivity index (χ2v) is 9.70. The second kappa shape index (κ2) is 9.84. The molecule has 3 aromatic carbocycles. The molecule has 0 fully saturated rings. The van der Waals surface area contributed by atoms with Gasteiger partial charge < -0.3 is 10.1 Å². The number of hydrogen-bond acceptors (Lipinski definition) is 7. The van der Waals surface area contributed by atoms with Crippen LogP contribution in [0.5, 0.6) is 0 Å². The van der Waals surface area contributed by atoms with Gasteiger partial charge in [0.1, 0.15) is 4.90 Å². The van der Waals surface area contributed by atoms with Crippen molar-refractivity contribution in [3.05, 3.63) is 99.1 Å². The van der Waals surface area contributed by atoms with Crippen molar-refractivity contribution < 1.29 is 27.7 Å². The van der Waals surface area contributed by atoms with E-state index in [1.807, 2.05) is 26.0 Å². The minimum absolute atomic E-state index is 0.264. The molecule has 9 nitrogen and oxygen atoms in total. The molecular weight excluding hydrogens is 460 g/mol. The maximum absolute atomic E-state index is 13.1. The number of esters is 1. The van der Waals surface area contributed by atoms with E-state index in [1.54, 1.807) is 36.4 Å². The zero-order valence-electron chi connectivity index (χ0n) is 18.6. The highest BCUT2D eigenvalue weighted by molar-refractivity contribution is 7.90. The van der Waals surface area contributed by atoms with Gasteiger partial charge in [0.15, 0.2) is 9.84 Å². The molecule has 0 radical (unpaired) electrons. The molecule has 0 bridgehead atoms. The lowest BCUT2D eigenvalue weighted by Gasteiger charge is -2.19. The number of anilines is 1. The minimum Gasteiger partial charge on any atom is -0.444 e. The largest absolute Gasteiger partial charge is 0.444 e. The number of nitrogens with zero attached hydrogens (tertiary/aromatic N) is 1. The van der Waals surface area contributed by atoms with Crippen molar-refractivity contribution in [1.82, 2.24) is 0 Å². The van der Waals surface area contributed by atoms with Gasteiger partial charge in [0.25, 0.3) is 11.6 Å². The normalized spacial score (nSPS) is 12.0. The standard InChI is InChI=1S/C24H22N2O7S/c1-15-9-10-16(2)19(13-15)25-23(27)22(17-7-5-4-6-8-17)33-24(28)18-11-12-21(34(3,31)32)20(14-18)26(29)30/h4-14,22H,1-3H3,(H,25,27)/t22-/m0/s1. The average Bonchev–Trinajstić information content (AvgIpc) is 2.79. The summed E-state index contributed by atoms with van der Waals surface area (Å²) >= 11 is 0.